The van der Waals surface area contributed by atoms with Crippen molar-refractivity contribution in [2.75, 3.05) is 23.1 Å². The van der Waals surface area contributed by atoms with E-state index in [4.69, 9.17) is 22.4 Å². The third-order valence-corrected chi connectivity index (χ3v) is 3.69. The summed E-state index contributed by atoms with van der Waals surface area (Å²) in [5, 5.41) is 12.0. The summed E-state index contributed by atoms with van der Waals surface area (Å²) in [5.41, 5.74) is 5.83. The maximum absolute atomic E-state index is 11.2. The lowest BCUT2D eigenvalue weighted by Gasteiger charge is -2.17. The zero-order valence-electron chi connectivity index (χ0n) is 10.5. The van der Waals surface area contributed by atoms with E-state index < -0.39 is 21.8 Å². The molecule has 0 amide bonds. The minimum Gasteiger partial charge on any atom is -0.478 e. The van der Waals surface area contributed by atoms with Gasteiger partial charge in [-0.2, -0.15) is 0 Å². The Balaban J connectivity index is 3.10. The predicted octanol–water partition coefficient (Wildman–Crippen LogP) is 1.47. The normalized spacial score (nSPS) is 13.0. The number of rotatable bonds is 5. The van der Waals surface area contributed by atoms with E-state index in [9.17, 15) is 13.2 Å². The van der Waals surface area contributed by atoms with E-state index in [-0.39, 0.29) is 27.7 Å². The van der Waals surface area contributed by atoms with Gasteiger partial charge in [0.15, 0.2) is 0 Å². The lowest BCUT2D eigenvalue weighted by atomic mass is 10.1. The highest BCUT2D eigenvalue weighted by Crippen LogP contribution is 2.30. The van der Waals surface area contributed by atoms with Crippen molar-refractivity contribution in [1.82, 2.24) is 0 Å². The van der Waals surface area contributed by atoms with Crippen molar-refractivity contribution >= 4 is 38.8 Å². The predicted molar refractivity (Wildman–Crippen MR) is 75.6 cm³/mol. The molecular weight excluding hydrogens is 292 g/mol. The molecule has 0 saturated heterocycles. The number of hydrogen-bond acceptors (Lipinski definition) is 5. The fraction of sp³-hybridized carbons (Fsp3) is 0.364. The molecule has 106 valence electrons. The molecule has 1 unspecified atom stereocenters. The first kappa shape index (κ1) is 15.6. The van der Waals surface area contributed by atoms with Gasteiger partial charge in [-0.05, 0) is 19.1 Å². The zero-order chi connectivity index (χ0) is 14.8. The van der Waals surface area contributed by atoms with Gasteiger partial charge in [0, 0.05) is 18.0 Å². The zero-order valence-corrected chi connectivity index (χ0v) is 12.0. The quantitative estimate of drug-likeness (QED) is 0.711. The Hall–Kier alpha value is -1.47. The largest absolute Gasteiger partial charge is 0.478 e. The Morgan fingerprint density at radius 3 is 2.58 bits per heavy atom. The summed E-state index contributed by atoms with van der Waals surface area (Å²) in [5.74, 6) is -1.32. The van der Waals surface area contributed by atoms with Crippen LogP contribution in [0.1, 0.15) is 17.3 Å². The van der Waals surface area contributed by atoms with Gasteiger partial charge in [-0.25, -0.2) is 13.2 Å². The minimum absolute atomic E-state index is 0.0923. The van der Waals surface area contributed by atoms with Gasteiger partial charge in [-0.15, -0.1) is 0 Å². The highest BCUT2D eigenvalue weighted by Gasteiger charge is 2.18. The fourth-order valence-corrected chi connectivity index (χ4v) is 2.96. The lowest BCUT2D eigenvalue weighted by molar-refractivity contribution is 0.0698. The molecule has 0 radical (unpaired) electrons. The summed E-state index contributed by atoms with van der Waals surface area (Å²) < 4.78 is 22.4. The van der Waals surface area contributed by atoms with Crippen molar-refractivity contribution in [3.8, 4) is 0 Å². The maximum atomic E-state index is 11.2. The van der Waals surface area contributed by atoms with Crippen LogP contribution in [0.25, 0.3) is 0 Å². The molecule has 0 aromatic heterocycles. The van der Waals surface area contributed by atoms with Gasteiger partial charge in [0.1, 0.15) is 9.84 Å². The van der Waals surface area contributed by atoms with Crippen LogP contribution in [0, 0.1) is 0 Å². The molecule has 0 aliphatic rings. The number of nitrogens with one attached hydrogen (secondary N) is 1. The molecule has 1 aromatic carbocycles. The molecule has 0 fully saturated rings. The van der Waals surface area contributed by atoms with Crippen molar-refractivity contribution in [3.63, 3.8) is 0 Å². The number of aromatic carboxylic acids is 1. The molecule has 1 aromatic rings. The van der Waals surface area contributed by atoms with E-state index in [1.807, 2.05) is 0 Å². The van der Waals surface area contributed by atoms with Crippen LogP contribution in [-0.2, 0) is 9.84 Å². The van der Waals surface area contributed by atoms with Crippen LogP contribution in [0.4, 0.5) is 11.4 Å². The van der Waals surface area contributed by atoms with Crippen molar-refractivity contribution < 1.29 is 18.3 Å². The third-order valence-electron chi connectivity index (χ3n) is 2.29. The Labute approximate surface area is 116 Å². The Bertz CT molecular complexity index is 601. The summed E-state index contributed by atoms with van der Waals surface area (Å²) in [4.78, 5) is 11.1. The summed E-state index contributed by atoms with van der Waals surface area (Å²) >= 11 is 5.94. The SMILES string of the molecule is CC(CS(C)(=O)=O)Nc1c(Cl)cc(N)cc1C(=O)O. The first-order valence-corrected chi connectivity index (χ1v) is 7.80. The second-order valence-electron chi connectivity index (χ2n) is 4.37. The number of anilines is 2. The highest BCUT2D eigenvalue weighted by atomic mass is 35.5. The topological polar surface area (TPSA) is 109 Å². The average Bonchev–Trinajstić information content (AvgIpc) is 2.18. The van der Waals surface area contributed by atoms with Crippen LogP contribution in [0.15, 0.2) is 12.1 Å². The van der Waals surface area contributed by atoms with E-state index in [0.29, 0.717) is 0 Å². The Morgan fingerprint density at radius 2 is 2.11 bits per heavy atom. The van der Waals surface area contributed by atoms with Gasteiger partial charge in [-0.3, -0.25) is 0 Å². The third kappa shape index (κ3) is 4.60. The highest BCUT2D eigenvalue weighted by molar-refractivity contribution is 7.90. The standard InChI is InChI=1S/C11H15ClN2O4S/c1-6(5-19(2,17)18)14-10-8(11(15)16)3-7(13)4-9(10)12/h3-4,6,14H,5,13H2,1-2H3,(H,15,16). The molecule has 6 nitrogen and oxygen atoms in total. The molecule has 1 atom stereocenters. The van der Waals surface area contributed by atoms with Gasteiger partial charge in [-0.1, -0.05) is 11.6 Å². The molecule has 0 heterocycles. The Morgan fingerprint density at radius 1 is 1.53 bits per heavy atom. The first-order valence-electron chi connectivity index (χ1n) is 5.36. The monoisotopic (exact) mass is 306 g/mol. The minimum atomic E-state index is -3.18. The summed E-state index contributed by atoms with van der Waals surface area (Å²) in [6.07, 6.45) is 1.11. The van der Waals surface area contributed by atoms with E-state index in [2.05, 4.69) is 5.32 Å². The number of carboxylic acid groups (broad SMARTS) is 1. The summed E-state index contributed by atoms with van der Waals surface area (Å²) in [6.45, 7) is 1.62. The number of sulfone groups is 1. The molecule has 4 N–H and O–H groups in total. The molecule has 0 aliphatic carbocycles. The van der Waals surface area contributed by atoms with Crippen molar-refractivity contribution in [2.24, 2.45) is 0 Å². The molecule has 0 bridgehead atoms. The van der Waals surface area contributed by atoms with Gasteiger partial charge >= 0.3 is 5.97 Å². The second-order valence-corrected chi connectivity index (χ2v) is 6.96. The van der Waals surface area contributed by atoms with Crippen molar-refractivity contribution in [2.45, 2.75) is 13.0 Å². The molecule has 0 saturated carbocycles. The van der Waals surface area contributed by atoms with Crippen LogP contribution in [0.3, 0.4) is 0 Å². The molecule has 1 rings (SSSR count). The average molecular weight is 307 g/mol. The number of nitrogen functional groups attached to an aromatic ring is 1. The smallest absolute Gasteiger partial charge is 0.337 e. The van der Waals surface area contributed by atoms with E-state index >= 15 is 0 Å². The van der Waals surface area contributed by atoms with Crippen LogP contribution in [0.2, 0.25) is 5.02 Å². The number of hydrogen-bond donors (Lipinski definition) is 3. The van der Waals surface area contributed by atoms with Crippen LogP contribution in [-0.4, -0.2) is 37.5 Å². The number of benzene rings is 1. The number of carboxylic acids is 1. The summed E-state index contributed by atoms with van der Waals surface area (Å²) in [6, 6.07) is 2.20. The lowest BCUT2D eigenvalue weighted by Crippen LogP contribution is -2.26. The second kappa shape index (κ2) is 5.66. The van der Waals surface area contributed by atoms with Gasteiger partial charge in [0.2, 0.25) is 0 Å². The van der Waals surface area contributed by atoms with E-state index in [1.54, 1.807) is 6.92 Å². The number of nitrogens with two attached hydrogens (primary N) is 1. The van der Waals surface area contributed by atoms with Crippen LogP contribution in [0.5, 0.6) is 0 Å². The molecule has 8 heteroatoms. The molecule has 0 spiro atoms. The summed E-state index contributed by atoms with van der Waals surface area (Å²) in [7, 11) is -3.18. The van der Waals surface area contributed by atoms with E-state index in [0.717, 1.165) is 6.26 Å². The first-order chi connectivity index (χ1) is 8.60. The molecule has 0 aliphatic heterocycles. The maximum Gasteiger partial charge on any atom is 0.337 e. The van der Waals surface area contributed by atoms with E-state index in [1.165, 1.54) is 12.1 Å². The Kier molecular flexibility index (Phi) is 4.65. The van der Waals surface area contributed by atoms with Crippen molar-refractivity contribution in [3.05, 3.63) is 22.7 Å². The van der Waals surface area contributed by atoms with Crippen LogP contribution >= 0.6 is 11.6 Å². The number of halogens is 1. The molecular formula is C11H15ClN2O4S. The van der Waals surface area contributed by atoms with Crippen molar-refractivity contribution in [1.29, 1.82) is 0 Å². The van der Waals surface area contributed by atoms with Gasteiger partial charge < -0.3 is 16.2 Å². The number of carbonyl (C=O) groups is 1. The van der Waals surface area contributed by atoms with Gasteiger partial charge in [0.05, 0.1) is 22.0 Å². The van der Waals surface area contributed by atoms with Crippen LogP contribution < -0.4 is 11.1 Å². The molecule has 19 heavy (non-hydrogen) atoms. The van der Waals surface area contributed by atoms with Gasteiger partial charge in [0.25, 0.3) is 0 Å². The fourth-order valence-electron chi connectivity index (χ4n) is 1.69.